The first-order valence-electron chi connectivity index (χ1n) is 7.62. The Labute approximate surface area is 150 Å². The van der Waals surface area contributed by atoms with Crippen molar-refractivity contribution >= 4 is 23.4 Å². The van der Waals surface area contributed by atoms with Crippen molar-refractivity contribution in [3.05, 3.63) is 101 Å². The van der Waals surface area contributed by atoms with Crippen LogP contribution in [-0.2, 0) is 4.74 Å². The van der Waals surface area contributed by atoms with Gasteiger partial charge in [-0.25, -0.2) is 9.78 Å². The van der Waals surface area contributed by atoms with Gasteiger partial charge in [-0.15, -0.1) is 0 Å². The lowest BCUT2D eigenvalue weighted by atomic mass is 10.00. The van der Waals surface area contributed by atoms with Gasteiger partial charge in [0.15, 0.2) is 6.10 Å². The molecular formula is C20H14ClNO3. The van der Waals surface area contributed by atoms with Crippen LogP contribution in [0.25, 0.3) is 0 Å². The molecule has 0 fully saturated rings. The third-order valence-corrected chi connectivity index (χ3v) is 3.90. The van der Waals surface area contributed by atoms with Gasteiger partial charge < -0.3 is 4.74 Å². The summed E-state index contributed by atoms with van der Waals surface area (Å²) in [5, 5.41) is 0.0338. The summed E-state index contributed by atoms with van der Waals surface area (Å²) >= 11 is 5.95. The minimum absolute atomic E-state index is 0.0338. The minimum atomic E-state index is -1.06. The van der Waals surface area contributed by atoms with E-state index in [0.717, 1.165) is 0 Å². The van der Waals surface area contributed by atoms with Crippen molar-refractivity contribution in [3.63, 3.8) is 0 Å². The van der Waals surface area contributed by atoms with Gasteiger partial charge in [-0.05, 0) is 12.1 Å². The van der Waals surface area contributed by atoms with Crippen LogP contribution in [0.2, 0.25) is 5.15 Å². The number of ether oxygens (including phenoxy) is 1. The van der Waals surface area contributed by atoms with Crippen molar-refractivity contribution in [1.29, 1.82) is 0 Å². The van der Waals surface area contributed by atoms with Gasteiger partial charge in [0.2, 0.25) is 5.78 Å². The maximum Gasteiger partial charge on any atom is 0.342 e. The Hall–Kier alpha value is -2.98. The van der Waals surface area contributed by atoms with E-state index in [1.807, 2.05) is 12.1 Å². The highest BCUT2D eigenvalue weighted by atomic mass is 35.5. The van der Waals surface area contributed by atoms with Gasteiger partial charge in [-0.3, -0.25) is 4.79 Å². The number of pyridine rings is 1. The van der Waals surface area contributed by atoms with Crippen molar-refractivity contribution in [2.45, 2.75) is 6.10 Å². The summed E-state index contributed by atoms with van der Waals surface area (Å²) in [5.41, 5.74) is 1.16. The normalized spacial score (nSPS) is 11.6. The first-order chi connectivity index (χ1) is 12.2. The van der Waals surface area contributed by atoms with Gasteiger partial charge in [0.25, 0.3) is 0 Å². The van der Waals surface area contributed by atoms with E-state index in [2.05, 4.69) is 4.98 Å². The van der Waals surface area contributed by atoms with Crippen molar-refractivity contribution in [3.8, 4) is 0 Å². The number of benzene rings is 2. The predicted octanol–water partition coefficient (Wildman–Crippen LogP) is 4.52. The molecule has 1 aromatic heterocycles. The lowest BCUT2D eigenvalue weighted by Crippen LogP contribution is -2.20. The fourth-order valence-electron chi connectivity index (χ4n) is 2.36. The molecule has 2 aromatic carbocycles. The SMILES string of the molecule is O=C(O[C@@H](C(=O)c1ccccc1)c1ccccc1)c1cccnc1Cl. The third-order valence-electron chi connectivity index (χ3n) is 3.60. The average molecular weight is 352 g/mol. The number of carbonyl (C=O) groups is 2. The number of rotatable bonds is 5. The monoisotopic (exact) mass is 351 g/mol. The zero-order valence-electron chi connectivity index (χ0n) is 13.1. The van der Waals surface area contributed by atoms with E-state index in [1.54, 1.807) is 54.6 Å². The maximum absolute atomic E-state index is 12.9. The second-order valence-corrected chi connectivity index (χ2v) is 5.63. The quantitative estimate of drug-likeness (QED) is 0.385. The molecule has 0 aliphatic heterocycles. The van der Waals surface area contributed by atoms with Crippen LogP contribution in [0.15, 0.2) is 79.0 Å². The molecule has 25 heavy (non-hydrogen) atoms. The summed E-state index contributed by atoms with van der Waals surface area (Å²) in [6.45, 7) is 0. The molecule has 4 nitrogen and oxygen atoms in total. The van der Waals surface area contributed by atoms with Gasteiger partial charge in [0.05, 0.1) is 5.56 Å². The first kappa shape index (κ1) is 16.9. The summed E-state index contributed by atoms with van der Waals surface area (Å²) in [4.78, 5) is 29.2. The van der Waals surface area contributed by atoms with Gasteiger partial charge in [0, 0.05) is 17.3 Å². The van der Waals surface area contributed by atoms with E-state index < -0.39 is 12.1 Å². The molecule has 0 amide bonds. The molecule has 3 aromatic rings. The number of hydrogen-bond donors (Lipinski definition) is 0. The predicted molar refractivity (Wildman–Crippen MR) is 94.6 cm³/mol. The van der Waals surface area contributed by atoms with E-state index >= 15 is 0 Å². The average Bonchev–Trinajstić information content (AvgIpc) is 2.67. The first-order valence-corrected chi connectivity index (χ1v) is 8.00. The lowest BCUT2D eigenvalue weighted by Gasteiger charge is -2.17. The fraction of sp³-hybridized carbons (Fsp3) is 0.0500. The van der Waals surface area contributed by atoms with E-state index in [9.17, 15) is 9.59 Å². The molecule has 1 heterocycles. The molecule has 0 saturated heterocycles. The van der Waals surface area contributed by atoms with Crippen LogP contribution in [0, 0.1) is 0 Å². The van der Waals surface area contributed by atoms with Crippen LogP contribution in [0.4, 0.5) is 0 Å². The molecule has 124 valence electrons. The third kappa shape index (κ3) is 3.92. The van der Waals surface area contributed by atoms with Crippen LogP contribution < -0.4 is 0 Å². The van der Waals surface area contributed by atoms with E-state index in [0.29, 0.717) is 11.1 Å². The van der Waals surface area contributed by atoms with Crippen LogP contribution in [0.3, 0.4) is 0 Å². The Kier molecular flexibility index (Phi) is 5.21. The zero-order chi connectivity index (χ0) is 17.6. The van der Waals surface area contributed by atoms with Crippen LogP contribution >= 0.6 is 11.6 Å². The summed E-state index contributed by atoms with van der Waals surface area (Å²) in [5.74, 6) is -1.00. The van der Waals surface area contributed by atoms with Crippen LogP contribution in [0.5, 0.6) is 0 Å². The molecule has 0 aliphatic carbocycles. The van der Waals surface area contributed by atoms with Gasteiger partial charge in [-0.1, -0.05) is 72.3 Å². The topological polar surface area (TPSA) is 56.3 Å². The Morgan fingerprint density at radius 1 is 0.880 bits per heavy atom. The molecular weight excluding hydrogens is 338 g/mol. The van der Waals surface area contributed by atoms with Crippen LogP contribution in [-0.4, -0.2) is 16.7 Å². The number of halogens is 1. The highest BCUT2D eigenvalue weighted by Gasteiger charge is 2.27. The molecule has 0 saturated carbocycles. The molecule has 1 atom stereocenters. The Morgan fingerprint density at radius 2 is 1.52 bits per heavy atom. The Balaban J connectivity index is 1.94. The lowest BCUT2D eigenvalue weighted by molar-refractivity contribution is 0.0280. The number of nitrogens with zero attached hydrogens (tertiary/aromatic N) is 1. The molecule has 0 bridgehead atoms. The van der Waals surface area contributed by atoms with E-state index in [4.69, 9.17) is 16.3 Å². The summed E-state index contributed by atoms with van der Waals surface area (Å²) in [7, 11) is 0. The molecule has 5 heteroatoms. The Morgan fingerprint density at radius 3 is 2.16 bits per heavy atom. The maximum atomic E-state index is 12.9. The van der Waals surface area contributed by atoms with E-state index in [-0.39, 0.29) is 16.5 Å². The van der Waals surface area contributed by atoms with Crippen LogP contribution in [0.1, 0.15) is 32.4 Å². The summed E-state index contributed by atoms with van der Waals surface area (Å²) < 4.78 is 5.51. The number of esters is 1. The minimum Gasteiger partial charge on any atom is -0.445 e. The number of aromatic nitrogens is 1. The van der Waals surface area contributed by atoms with Crippen molar-refractivity contribution in [1.82, 2.24) is 4.98 Å². The second kappa shape index (κ2) is 7.73. The summed E-state index contributed by atoms with van der Waals surface area (Å²) in [6, 6.07) is 20.7. The Bertz CT molecular complexity index is 882. The van der Waals surface area contributed by atoms with Crippen molar-refractivity contribution < 1.29 is 14.3 Å². The standard InChI is InChI=1S/C20H14ClNO3/c21-19-16(12-7-13-22-19)20(24)25-18(15-10-5-2-6-11-15)17(23)14-8-3-1-4-9-14/h1-13,18H/t18-/m1/s1. The van der Waals surface area contributed by atoms with E-state index in [1.165, 1.54) is 12.3 Å². The molecule has 0 N–H and O–H groups in total. The molecule has 0 radical (unpaired) electrons. The van der Waals surface area contributed by atoms with Gasteiger partial charge in [-0.2, -0.15) is 0 Å². The second-order valence-electron chi connectivity index (χ2n) is 5.27. The largest absolute Gasteiger partial charge is 0.445 e. The molecule has 3 rings (SSSR count). The highest BCUT2D eigenvalue weighted by Crippen LogP contribution is 2.25. The number of carbonyl (C=O) groups excluding carboxylic acids is 2. The van der Waals surface area contributed by atoms with Gasteiger partial charge >= 0.3 is 5.97 Å². The van der Waals surface area contributed by atoms with Crippen molar-refractivity contribution in [2.75, 3.05) is 0 Å². The summed E-state index contributed by atoms with van der Waals surface area (Å²) in [6.07, 6.45) is 0.412. The molecule has 0 spiro atoms. The smallest absolute Gasteiger partial charge is 0.342 e. The number of hydrogen-bond acceptors (Lipinski definition) is 4. The number of ketones is 1. The molecule has 0 unspecified atom stereocenters. The number of Topliss-reactive ketones (excluding diaryl/α,β-unsaturated/α-hetero) is 1. The van der Waals surface area contributed by atoms with Gasteiger partial charge in [0.1, 0.15) is 5.15 Å². The highest BCUT2D eigenvalue weighted by molar-refractivity contribution is 6.32. The van der Waals surface area contributed by atoms with Crippen molar-refractivity contribution in [2.24, 2.45) is 0 Å². The zero-order valence-corrected chi connectivity index (χ0v) is 13.9. The molecule has 0 aliphatic rings. The fourth-order valence-corrected chi connectivity index (χ4v) is 2.56.